The van der Waals surface area contributed by atoms with Crippen LogP contribution in [0.5, 0.6) is 0 Å². The monoisotopic (exact) mass is 316 g/mol. The largest absolute Gasteiger partial charge is 0.356 e. The number of carbonyl (C=O) groups is 2. The predicted octanol–water partition coefficient (Wildman–Crippen LogP) is 2.70. The van der Waals surface area contributed by atoms with Gasteiger partial charge in [-0.2, -0.15) is 0 Å². The molecule has 0 spiro atoms. The fourth-order valence-electron chi connectivity index (χ4n) is 3.23. The van der Waals surface area contributed by atoms with Crippen LogP contribution in [-0.2, 0) is 22.4 Å². The van der Waals surface area contributed by atoms with Gasteiger partial charge >= 0.3 is 0 Å². The second-order valence-electron chi connectivity index (χ2n) is 6.46. The van der Waals surface area contributed by atoms with Crippen LogP contribution in [-0.4, -0.2) is 36.3 Å². The van der Waals surface area contributed by atoms with Crippen molar-refractivity contribution in [2.75, 3.05) is 13.6 Å². The lowest BCUT2D eigenvalue weighted by Gasteiger charge is -2.32. The molecule has 4 heteroatoms. The lowest BCUT2D eigenvalue weighted by Crippen LogP contribution is -2.40. The van der Waals surface area contributed by atoms with E-state index in [0.717, 1.165) is 38.5 Å². The molecule has 1 aromatic carbocycles. The molecule has 1 aliphatic carbocycles. The van der Waals surface area contributed by atoms with Gasteiger partial charge in [-0.1, -0.05) is 30.7 Å². The van der Waals surface area contributed by atoms with Gasteiger partial charge in [0.15, 0.2) is 0 Å². The SMILES string of the molecule is CC(=O)NCCCCCC(=O)N(C)[C@H]1CCc2ccccc2C1. The molecule has 2 amide bonds. The van der Waals surface area contributed by atoms with Crippen molar-refractivity contribution in [1.29, 1.82) is 0 Å². The van der Waals surface area contributed by atoms with Gasteiger partial charge in [0.2, 0.25) is 11.8 Å². The zero-order valence-corrected chi connectivity index (χ0v) is 14.3. The Kier molecular flexibility index (Phi) is 6.63. The maximum atomic E-state index is 12.4. The molecule has 1 aliphatic rings. The molecular formula is C19H28N2O2. The highest BCUT2D eigenvalue weighted by molar-refractivity contribution is 5.76. The number of hydrogen-bond acceptors (Lipinski definition) is 2. The van der Waals surface area contributed by atoms with Crippen molar-refractivity contribution in [3.63, 3.8) is 0 Å². The van der Waals surface area contributed by atoms with E-state index in [1.54, 1.807) is 0 Å². The topological polar surface area (TPSA) is 49.4 Å². The molecule has 0 saturated heterocycles. The molecule has 23 heavy (non-hydrogen) atoms. The average Bonchev–Trinajstić information content (AvgIpc) is 2.56. The first-order valence-corrected chi connectivity index (χ1v) is 8.65. The van der Waals surface area contributed by atoms with E-state index in [1.807, 2.05) is 11.9 Å². The normalized spacial score (nSPS) is 16.5. The Morgan fingerprint density at radius 1 is 1.17 bits per heavy atom. The number of nitrogens with zero attached hydrogens (tertiary/aromatic N) is 1. The number of nitrogens with one attached hydrogen (secondary N) is 1. The number of aryl methyl sites for hydroxylation is 1. The van der Waals surface area contributed by atoms with Crippen LogP contribution in [0.2, 0.25) is 0 Å². The van der Waals surface area contributed by atoms with Gasteiger partial charge < -0.3 is 10.2 Å². The van der Waals surface area contributed by atoms with E-state index in [2.05, 4.69) is 29.6 Å². The van der Waals surface area contributed by atoms with Gasteiger partial charge in [-0.25, -0.2) is 0 Å². The third-order valence-corrected chi connectivity index (χ3v) is 4.70. The zero-order chi connectivity index (χ0) is 16.7. The second-order valence-corrected chi connectivity index (χ2v) is 6.46. The minimum atomic E-state index is 0.0124. The fraction of sp³-hybridized carbons (Fsp3) is 0.579. The summed E-state index contributed by atoms with van der Waals surface area (Å²) in [6, 6.07) is 8.88. The number of benzene rings is 1. The van der Waals surface area contributed by atoms with Crippen LogP contribution in [0.1, 0.15) is 50.2 Å². The molecule has 1 atom stereocenters. The Bertz CT molecular complexity index is 542. The molecule has 0 unspecified atom stereocenters. The van der Waals surface area contributed by atoms with E-state index >= 15 is 0 Å². The molecule has 1 aromatic rings. The number of amides is 2. The van der Waals surface area contributed by atoms with Gasteiger partial charge in [-0.3, -0.25) is 9.59 Å². The van der Waals surface area contributed by atoms with E-state index in [4.69, 9.17) is 0 Å². The molecule has 0 aromatic heterocycles. The number of unbranched alkanes of at least 4 members (excludes halogenated alkanes) is 2. The highest BCUT2D eigenvalue weighted by atomic mass is 16.2. The van der Waals surface area contributed by atoms with Crippen molar-refractivity contribution in [2.45, 2.75) is 57.9 Å². The van der Waals surface area contributed by atoms with Crippen LogP contribution in [0.3, 0.4) is 0 Å². The average molecular weight is 316 g/mol. The van der Waals surface area contributed by atoms with E-state index in [9.17, 15) is 9.59 Å². The summed E-state index contributed by atoms with van der Waals surface area (Å²) >= 11 is 0. The summed E-state index contributed by atoms with van der Waals surface area (Å²) in [7, 11) is 1.94. The van der Waals surface area contributed by atoms with Gasteiger partial charge in [0.25, 0.3) is 0 Å². The van der Waals surface area contributed by atoms with Crippen molar-refractivity contribution in [3.05, 3.63) is 35.4 Å². The fourth-order valence-corrected chi connectivity index (χ4v) is 3.23. The third-order valence-electron chi connectivity index (χ3n) is 4.70. The minimum Gasteiger partial charge on any atom is -0.356 e. The Hall–Kier alpha value is -1.84. The predicted molar refractivity (Wildman–Crippen MR) is 92.2 cm³/mol. The summed E-state index contributed by atoms with van der Waals surface area (Å²) in [6.45, 7) is 2.24. The molecule has 0 saturated carbocycles. The Balaban J connectivity index is 1.70. The molecule has 0 heterocycles. The van der Waals surface area contributed by atoms with Crippen LogP contribution < -0.4 is 5.32 Å². The number of rotatable bonds is 7. The highest BCUT2D eigenvalue weighted by Crippen LogP contribution is 2.24. The first-order chi connectivity index (χ1) is 11.1. The van der Waals surface area contributed by atoms with Gasteiger partial charge in [0.05, 0.1) is 0 Å². The number of hydrogen-bond donors (Lipinski definition) is 1. The first-order valence-electron chi connectivity index (χ1n) is 8.65. The number of fused-ring (bicyclic) bond motifs is 1. The summed E-state index contributed by atoms with van der Waals surface area (Å²) in [6.07, 6.45) is 6.51. The van der Waals surface area contributed by atoms with E-state index < -0.39 is 0 Å². The van der Waals surface area contributed by atoms with E-state index in [0.29, 0.717) is 19.0 Å². The summed E-state index contributed by atoms with van der Waals surface area (Å²) < 4.78 is 0. The van der Waals surface area contributed by atoms with Crippen molar-refractivity contribution < 1.29 is 9.59 Å². The molecule has 0 radical (unpaired) electrons. The van der Waals surface area contributed by atoms with Crippen LogP contribution in [0.4, 0.5) is 0 Å². The molecule has 0 bridgehead atoms. The Morgan fingerprint density at radius 3 is 2.65 bits per heavy atom. The standard InChI is InChI=1S/C19H28N2O2/c1-15(22)20-13-7-3-4-10-19(23)21(2)18-12-11-16-8-5-6-9-17(16)14-18/h5-6,8-9,18H,3-4,7,10-14H2,1-2H3,(H,20,22)/t18-/m0/s1. The molecular weight excluding hydrogens is 288 g/mol. The van der Waals surface area contributed by atoms with Gasteiger partial charge in [-0.15, -0.1) is 0 Å². The lowest BCUT2D eigenvalue weighted by molar-refractivity contribution is -0.132. The quantitative estimate of drug-likeness (QED) is 0.786. The smallest absolute Gasteiger partial charge is 0.222 e. The van der Waals surface area contributed by atoms with E-state index in [-0.39, 0.29) is 11.8 Å². The molecule has 2 rings (SSSR count). The van der Waals surface area contributed by atoms with Gasteiger partial charge in [0.1, 0.15) is 0 Å². The van der Waals surface area contributed by atoms with Crippen LogP contribution in [0.15, 0.2) is 24.3 Å². The second kappa shape index (κ2) is 8.70. The summed E-state index contributed by atoms with van der Waals surface area (Å²) in [4.78, 5) is 25.1. The summed E-state index contributed by atoms with van der Waals surface area (Å²) in [5.41, 5.74) is 2.82. The van der Waals surface area contributed by atoms with Crippen LogP contribution >= 0.6 is 0 Å². The summed E-state index contributed by atoms with van der Waals surface area (Å²) in [5.74, 6) is 0.257. The number of likely N-dealkylation sites (N-methyl/N-ethyl adjacent to an activating group) is 1. The van der Waals surface area contributed by atoms with Crippen molar-refractivity contribution >= 4 is 11.8 Å². The minimum absolute atomic E-state index is 0.0124. The van der Waals surface area contributed by atoms with Crippen molar-refractivity contribution in [3.8, 4) is 0 Å². The van der Waals surface area contributed by atoms with Crippen molar-refractivity contribution in [2.24, 2.45) is 0 Å². The lowest BCUT2D eigenvalue weighted by atomic mass is 9.87. The summed E-state index contributed by atoms with van der Waals surface area (Å²) in [5, 5.41) is 2.78. The molecule has 0 fully saturated rings. The van der Waals surface area contributed by atoms with Gasteiger partial charge in [-0.05, 0) is 43.2 Å². The molecule has 1 N–H and O–H groups in total. The maximum absolute atomic E-state index is 12.4. The maximum Gasteiger partial charge on any atom is 0.222 e. The Morgan fingerprint density at radius 2 is 1.91 bits per heavy atom. The van der Waals surface area contributed by atoms with Crippen molar-refractivity contribution in [1.82, 2.24) is 10.2 Å². The third kappa shape index (κ3) is 5.38. The van der Waals surface area contributed by atoms with Crippen LogP contribution in [0.25, 0.3) is 0 Å². The molecule has 0 aliphatic heterocycles. The zero-order valence-electron chi connectivity index (χ0n) is 14.3. The Labute approximate surface area is 139 Å². The number of carbonyl (C=O) groups excluding carboxylic acids is 2. The van der Waals surface area contributed by atoms with Crippen LogP contribution in [0, 0.1) is 0 Å². The molecule has 4 nitrogen and oxygen atoms in total. The molecule has 126 valence electrons. The van der Waals surface area contributed by atoms with Gasteiger partial charge in [0, 0.05) is 33.0 Å². The first kappa shape index (κ1) is 17.5. The van der Waals surface area contributed by atoms with E-state index in [1.165, 1.54) is 18.1 Å². The highest BCUT2D eigenvalue weighted by Gasteiger charge is 2.24.